The van der Waals surface area contributed by atoms with E-state index in [-0.39, 0.29) is 0 Å². The van der Waals surface area contributed by atoms with Crippen molar-refractivity contribution in [1.29, 1.82) is 0 Å². The summed E-state index contributed by atoms with van der Waals surface area (Å²) in [5.74, 6) is 0.719. The Bertz CT molecular complexity index is 544. The molecule has 0 amide bonds. The van der Waals surface area contributed by atoms with Gasteiger partial charge in [0.05, 0.1) is 0 Å². The van der Waals surface area contributed by atoms with Gasteiger partial charge in [0.2, 0.25) is 0 Å². The lowest BCUT2D eigenvalue weighted by Gasteiger charge is -2.12. The molecule has 0 heterocycles. The molecule has 20 heavy (non-hydrogen) atoms. The molecule has 0 spiro atoms. The molecule has 0 aromatic heterocycles. The van der Waals surface area contributed by atoms with Crippen LogP contribution in [0.4, 0.5) is 5.69 Å². The zero-order valence-electron chi connectivity index (χ0n) is 12.4. The Morgan fingerprint density at radius 1 is 0.750 bits per heavy atom. The van der Waals surface area contributed by atoms with Crippen molar-refractivity contribution in [2.75, 3.05) is 5.32 Å². The van der Waals surface area contributed by atoms with Gasteiger partial charge in [-0.3, -0.25) is 0 Å². The molecular formula is C17H21NO2. The molecule has 0 unspecified atom stereocenters. The first-order valence-electron chi connectivity index (χ1n) is 6.71. The van der Waals surface area contributed by atoms with Crippen LogP contribution in [0.3, 0.4) is 0 Å². The van der Waals surface area contributed by atoms with E-state index in [1.165, 1.54) is 0 Å². The highest BCUT2D eigenvalue weighted by molar-refractivity contribution is 5.55. The van der Waals surface area contributed by atoms with Crippen molar-refractivity contribution in [3.63, 3.8) is 0 Å². The Labute approximate surface area is 119 Å². The van der Waals surface area contributed by atoms with Gasteiger partial charge in [0.15, 0.2) is 0 Å². The normalized spacial score (nSPS) is 10.6. The average molecular weight is 271 g/mol. The molecule has 2 aromatic carbocycles. The van der Waals surface area contributed by atoms with Gasteiger partial charge >= 0.3 is 0 Å². The van der Waals surface area contributed by atoms with Crippen LogP contribution in [-0.4, -0.2) is 10.2 Å². The molecule has 0 aliphatic rings. The second-order valence-corrected chi connectivity index (χ2v) is 5.39. The van der Waals surface area contributed by atoms with Crippen LogP contribution in [0.5, 0.6) is 11.5 Å². The molecule has 106 valence electrons. The second kappa shape index (κ2) is 5.45. The van der Waals surface area contributed by atoms with E-state index in [2.05, 4.69) is 5.32 Å². The first-order chi connectivity index (χ1) is 9.38. The lowest BCUT2D eigenvalue weighted by Crippen LogP contribution is -2.01. The first-order valence-corrected chi connectivity index (χ1v) is 6.71. The number of hydrogen-bond acceptors (Lipinski definition) is 3. The third-order valence-electron chi connectivity index (χ3n) is 3.54. The Hall–Kier alpha value is -2.16. The zero-order valence-corrected chi connectivity index (χ0v) is 12.4. The van der Waals surface area contributed by atoms with E-state index < -0.39 is 0 Å². The lowest BCUT2D eigenvalue weighted by molar-refractivity contribution is 0.466. The monoisotopic (exact) mass is 271 g/mol. The van der Waals surface area contributed by atoms with Crippen LogP contribution in [0.25, 0.3) is 0 Å². The van der Waals surface area contributed by atoms with Gasteiger partial charge in [0, 0.05) is 12.2 Å². The number of aromatic hydroxyl groups is 2. The van der Waals surface area contributed by atoms with Gasteiger partial charge < -0.3 is 15.5 Å². The van der Waals surface area contributed by atoms with Crippen LogP contribution in [0.15, 0.2) is 24.3 Å². The van der Waals surface area contributed by atoms with Gasteiger partial charge in [0.25, 0.3) is 0 Å². The van der Waals surface area contributed by atoms with E-state index >= 15 is 0 Å². The highest BCUT2D eigenvalue weighted by Gasteiger charge is 2.05. The molecule has 3 N–H and O–H groups in total. The fraction of sp³-hybridized carbons (Fsp3) is 0.294. The number of aryl methyl sites for hydroxylation is 4. The number of benzene rings is 2. The van der Waals surface area contributed by atoms with Crippen molar-refractivity contribution in [3.8, 4) is 11.5 Å². The molecule has 0 aliphatic carbocycles. The SMILES string of the molecule is Cc1cc(CNc2cc(C)c(O)c(C)c2)cc(C)c1O. The number of anilines is 1. The van der Waals surface area contributed by atoms with Crippen LogP contribution in [0.2, 0.25) is 0 Å². The molecule has 0 aliphatic heterocycles. The summed E-state index contributed by atoms with van der Waals surface area (Å²) in [6, 6.07) is 7.83. The maximum atomic E-state index is 9.77. The van der Waals surface area contributed by atoms with Crippen molar-refractivity contribution in [2.45, 2.75) is 34.2 Å². The minimum Gasteiger partial charge on any atom is -0.507 e. The number of hydrogen-bond donors (Lipinski definition) is 3. The van der Waals surface area contributed by atoms with Crippen LogP contribution < -0.4 is 5.32 Å². The highest BCUT2D eigenvalue weighted by Crippen LogP contribution is 2.27. The maximum absolute atomic E-state index is 9.77. The van der Waals surface area contributed by atoms with Crippen molar-refractivity contribution in [1.82, 2.24) is 0 Å². The van der Waals surface area contributed by atoms with Gasteiger partial charge in [0.1, 0.15) is 11.5 Å². The van der Waals surface area contributed by atoms with Crippen molar-refractivity contribution >= 4 is 5.69 Å². The quantitative estimate of drug-likeness (QED) is 0.741. The molecule has 0 saturated carbocycles. The van der Waals surface area contributed by atoms with E-state index in [1.807, 2.05) is 52.0 Å². The fourth-order valence-corrected chi connectivity index (χ4v) is 2.41. The average Bonchev–Trinajstić information content (AvgIpc) is 2.39. The predicted molar refractivity (Wildman–Crippen MR) is 82.5 cm³/mol. The van der Waals surface area contributed by atoms with Gasteiger partial charge in [-0.05, 0) is 67.6 Å². The standard InChI is InChI=1S/C17H21NO2/c1-10-5-14(6-11(2)16(10)19)9-18-15-7-12(3)17(20)13(4)8-15/h5-8,18-20H,9H2,1-4H3. The fourth-order valence-electron chi connectivity index (χ4n) is 2.41. The summed E-state index contributed by atoms with van der Waals surface area (Å²) in [6.07, 6.45) is 0. The van der Waals surface area contributed by atoms with Gasteiger partial charge in [-0.15, -0.1) is 0 Å². The van der Waals surface area contributed by atoms with E-state index in [4.69, 9.17) is 0 Å². The number of rotatable bonds is 3. The summed E-state index contributed by atoms with van der Waals surface area (Å²) in [7, 11) is 0. The smallest absolute Gasteiger partial charge is 0.121 e. The van der Waals surface area contributed by atoms with E-state index in [0.717, 1.165) is 33.5 Å². The molecule has 2 rings (SSSR count). The molecule has 0 fully saturated rings. The van der Waals surface area contributed by atoms with E-state index in [9.17, 15) is 10.2 Å². The molecule has 3 heteroatoms. The Balaban J connectivity index is 2.17. The Kier molecular flexibility index (Phi) is 3.89. The van der Waals surface area contributed by atoms with Crippen LogP contribution in [0, 0.1) is 27.7 Å². The molecule has 0 saturated heterocycles. The summed E-state index contributed by atoms with van der Waals surface area (Å²) in [4.78, 5) is 0. The molecule has 0 bridgehead atoms. The van der Waals surface area contributed by atoms with Crippen LogP contribution in [-0.2, 0) is 6.54 Å². The molecule has 0 atom stereocenters. The van der Waals surface area contributed by atoms with E-state index in [1.54, 1.807) is 0 Å². The largest absolute Gasteiger partial charge is 0.507 e. The number of phenolic OH excluding ortho intramolecular Hbond substituents is 2. The molecule has 0 radical (unpaired) electrons. The minimum absolute atomic E-state index is 0.354. The summed E-state index contributed by atoms with van der Waals surface area (Å²) < 4.78 is 0. The van der Waals surface area contributed by atoms with Gasteiger partial charge in [-0.2, -0.15) is 0 Å². The zero-order chi connectivity index (χ0) is 14.9. The topological polar surface area (TPSA) is 52.5 Å². The van der Waals surface area contributed by atoms with Crippen LogP contribution >= 0.6 is 0 Å². The second-order valence-electron chi connectivity index (χ2n) is 5.39. The molecule has 3 nitrogen and oxygen atoms in total. The Morgan fingerprint density at radius 3 is 1.60 bits per heavy atom. The minimum atomic E-state index is 0.354. The first kappa shape index (κ1) is 14.3. The number of nitrogens with one attached hydrogen (secondary N) is 1. The van der Waals surface area contributed by atoms with Gasteiger partial charge in [-0.25, -0.2) is 0 Å². The van der Waals surface area contributed by atoms with Gasteiger partial charge in [-0.1, -0.05) is 12.1 Å². The highest BCUT2D eigenvalue weighted by atomic mass is 16.3. The molecular weight excluding hydrogens is 250 g/mol. The summed E-state index contributed by atoms with van der Waals surface area (Å²) in [5, 5.41) is 22.9. The third-order valence-corrected chi connectivity index (χ3v) is 3.54. The van der Waals surface area contributed by atoms with Crippen LogP contribution in [0.1, 0.15) is 27.8 Å². The third kappa shape index (κ3) is 2.87. The summed E-state index contributed by atoms with van der Waals surface area (Å²) >= 11 is 0. The predicted octanol–water partition coefficient (Wildman–Crippen LogP) is 3.94. The summed E-state index contributed by atoms with van der Waals surface area (Å²) in [6.45, 7) is 8.28. The number of phenols is 2. The van der Waals surface area contributed by atoms with E-state index in [0.29, 0.717) is 18.0 Å². The van der Waals surface area contributed by atoms with Crippen molar-refractivity contribution in [3.05, 3.63) is 52.1 Å². The lowest BCUT2D eigenvalue weighted by atomic mass is 10.1. The van der Waals surface area contributed by atoms with Crippen molar-refractivity contribution in [2.24, 2.45) is 0 Å². The maximum Gasteiger partial charge on any atom is 0.121 e. The van der Waals surface area contributed by atoms with Crippen molar-refractivity contribution < 1.29 is 10.2 Å². The molecule has 2 aromatic rings. The Morgan fingerprint density at radius 2 is 1.15 bits per heavy atom. The summed E-state index contributed by atoms with van der Waals surface area (Å²) in [5.41, 5.74) is 5.62.